The molecule has 1 aromatic carbocycles. The van der Waals surface area contributed by atoms with E-state index in [2.05, 4.69) is 10.3 Å². The predicted octanol–water partition coefficient (Wildman–Crippen LogP) is 4.06. The zero-order valence-electron chi connectivity index (χ0n) is 20.6. The van der Waals surface area contributed by atoms with Crippen molar-refractivity contribution in [3.63, 3.8) is 0 Å². The lowest BCUT2D eigenvalue weighted by Crippen LogP contribution is -2.50. The zero-order chi connectivity index (χ0) is 25.0. The van der Waals surface area contributed by atoms with E-state index in [1.54, 1.807) is 4.90 Å². The second-order valence-corrected chi connectivity index (χ2v) is 10.00. The molecule has 9 heteroatoms. The molecule has 0 unspecified atom stereocenters. The minimum atomic E-state index is -0.550. The Kier molecular flexibility index (Phi) is 7.42. The number of hydrogen-bond donors (Lipinski definition) is 1. The van der Waals surface area contributed by atoms with E-state index < -0.39 is 11.7 Å². The molecule has 1 fully saturated rings. The SMILES string of the molecule is CC(C)(C)OC(=O)N1CCN(c2nc3c(cc2F)C[C@@H](NC(=O)OCc2ccccc2)CC3)CC1. The molecule has 2 aromatic rings. The molecule has 2 amide bonds. The van der Waals surface area contributed by atoms with Crippen molar-refractivity contribution in [3.8, 4) is 0 Å². The lowest BCUT2D eigenvalue weighted by atomic mass is 9.91. The van der Waals surface area contributed by atoms with Crippen molar-refractivity contribution in [2.24, 2.45) is 0 Å². The Bertz CT molecular complexity index is 1050. The molecule has 2 heterocycles. The van der Waals surface area contributed by atoms with Crippen LogP contribution in [0.25, 0.3) is 0 Å². The number of nitrogens with zero attached hydrogens (tertiary/aromatic N) is 3. The molecule has 0 bridgehead atoms. The highest BCUT2D eigenvalue weighted by molar-refractivity contribution is 5.69. The van der Waals surface area contributed by atoms with Crippen LogP contribution in [0, 0.1) is 5.82 Å². The van der Waals surface area contributed by atoms with E-state index in [0.717, 1.165) is 16.8 Å². The van der Waals surface area contributed by atoms with Gasteiger partial charge in [-0.1, -0.05) is 30.3 Å². The van der Waals surface area contributed by atoms with Gasteiger partial charge in [-0.3, -0.25) is 0 Å². The molecule has 188 valence electrons. The first kappa shape index (κ1) is 24.8. The highest BCUT2D eigenvalue weighted by Gasteiger charge is 2.29. The molecular weight excluding hydrogens is 451 g/mol. The number of amides is 2. The number of rotatable bonds is 4. The number of nitrogens with one attached hydrogen (secondary N) is 1. The smallest absolute Gasteiger partial charge is 0.410 e. The second-order valence-electron chi connectivity index (χ2n) is 10.00. The van der Waals surface area contributed by atoms with Crippen LogP contribution >= 0.6 is 0 Å². The summed E-state index contributed by atoms with van der Waals surface area (Å²) in [6.45, 7) is 7.58. The summed E-state index contributed by atoms with van der Waals surface area (Å²) in [6, 6.07) is 10.9. The monoisotopic (exact) mass is 484 g/mol. The van der Waals surface area contributed by atoms with Crippen molar-refractivity contribution in [1.82, 2.24) is 15.2 Å². The summed E-state index contributed by atoms with van der Waals surface area (Å²) in [7, 11) is 0. The van der Waals surface area contributed by atoms with Crippen LogP contribution in [0.15, 0.2) is 36.4 Å². The van der Waals surface area contributed by atoms with Gasteiger partial charge in [0.25, 0.3) is 0 Å². The average molecular weight is 485 g/mol. The van der Waals surface area contributed by atoms with E-state index in [-0.39, 0.29) is 24.6 Å². The van der Waals surface area contributed by atoms with E-state index >= 15 is 4.39 Å². The van der Waals surface area contributed by atoms with E-state index in [1.807, 2.05) is 56.0 Å². The third-order valence-corrected chi connectivity index (χ3v) is 6.09. The topological polar surface area (TPSA) is 84.0 Å². The number of ether oxygens (including phenoxy) is 2. The van der Waals surface area contributed by atoms with E-state index in [4.69, 9.17) is 9.47 Å². The van der Waals surface area contributed by atoms with Crippen molar-refractivity contribution in [3.05, 3.63) is 59.0 Å². The Morgan fingerprint density at radius 1 is 1.14 bits per heavy atom. The predicted molar refractivity (Wildman–Crippen MR) is 130 cm³/mol. The minimum absolute atomic E-state index is 0.129. The minimum Gasteiger partial charge on any atom is -0.445 e. The van der Waals surface area contributed by atoms with Gasteiger partial charge in [0.2, 0.25) is 0 Å². The summed E-state index contributed by atoms with van der Waals surface area (Å²) < 4.78 is 25.8. The van der Waals surface area contributed by atoms with Crippen LogP contribution in [0.2, 0.25) is 0 Å². The Hall–Kier alpha value is -3.36. The van der Waals surface area contributed by atoms with Gasteiger partial charge < -0.3 is 24.6 Å². The first-order chi connectivity index (χ1) is 16.7. The van der Waals surface area contributed by atoms with Crippen molar-refractivity contribution in [2.75, 3.05) is 31.1 Å². The maximum absolute atomic E-state index is 15.0. The van der Waals surface area contributed by atoms with Crippen molar-refractivity contribution in [2.45, 2.75) is 58.3 Å². The number of carbonyl (C=O) groups is 2. The summed E-state index contributed by atoms with van der Waals surface area (Å²) >= 11 is 0. The number of anilines is 1. The number of benzene rings is 1. The van der Waals surface area contributed by atoms with Gasteiger partial charge in [0.1, 0.15) is 12.2 Å². The Morgan fingerprint density at radius 3 is 2.54 bits per heavy atom. The highest BCUT2D eigenvalue weighted by atomic mass is 19.1. The average Bonchev–Trinajstić information content (AvgIpc) is 2.82. The molecule has 0 spiro atoms. The molecule has 1 saturated heterocycles. The molecule has 1 aliphatic carbocycles. The molecule has 2 aliphatic rings. The third-order valence-electron chi connectivity index (χ3n) is 6.09. The zero-order valence-corrected chi connectivity index (χ0v) is 20.6. The number of carbonyl (C=O) groups excluding carboxylic acids is 2. The van der Waals surface area contributed by atoms with E-state index in [0.29, 0.717) is 51.3 Å². The largest absolute Gasteiger partial charge is 0.445 e. The summed E-state index contributed by atoms with van der Waals surface area (Å²) in [6.07, 6.45) is 1.03. The van der Waals surface area contributed by atoms with Crippen LogP contribution in [0.3, 0.4) is 0 Å². The number of pyridine rings is 1. The first-order valence-electron chi connectivity index (χ1n) is 12.1. The van der Waals surface area contributed by atoms with Gasteiger partial charge in [-0.2, -0.15) is 0 Å². The van der Waals surface area contributed by atoms with Crippen LogP contribution < -0.4 is 10.2 Å². The lowest BCUT2D eigenvalue weighted by molar-refractivity contribution is 0.0240. The van der Waals surface area contributed by atoms with Gasteiger partial charge in [0, 0.05) is 37.9 Å². The fourth-order valence-electron chi connectivity index (χ4n) is 4.33. The molecule has 0 radical (unpaired) electrons. The van der Waals surface area contributed by atoms with Crippen molar-refractivity contribution < 1.29 is 23.5 Å². The van der Waals surface area contributed by atoms with Gasteiger partial charge in [-0.05, 0) is 57.2 Å². The number of alkyl carbamates (subject to hydrolysis) is 1. The number of aryl methyl sites for hydroxylation is 1. The van der Waals surface area contributed by atoms with Crippen LogP contribution in [0.5, 0.6) is 0 Å². The van der Waals surface area contributed by atoms with E-state index in [9.17, 15) is 9.59 Å². The Labute approximate surface area is 205 Å². The van der Waals surface area contributed by atoms with Gasteiger partial charge in [0.05, 0.1) is 0 Å². The van der Waals surface area contributed by atoms with Crippen LogP contribution in [0.1, 0.15) is 44.0 Å². The first-order valence-corrected chi connectivity index (χ1v) is 12.1. The summed E-state index contributed by atoms with van der Waals surface area (Å²) in [4.78, 5) is 32.6. The molecular formula is C26H33FN4O4. The van der Waals surface area contributed by atoms with Crippen LogP contribution in [-0.4, -0.2) is 59.9 Å². The van der Waals surface area contributed by atoms with Crippen LogP contribution in [-0.2, 0) is 28.9 Å². The van der Waals surface area contributed by atoms with Crippen LogP contribution in [0.4, 0.5) is 19.8 Å². The molecule has 8 nitrogen and oxygen atoms in total. The number of piperazine rings is 1. The maximum Gasteiger partial charge on any atom is 0.410 e. The van der Waals surface area contributed by atoms with Gasteiger partial charge in [0.15, 0.2) is 11.6 Å². The standard InChI is InChI=1S/C26H33FN4O4/c1-26(2,3)35-25(33)31-13-11-30(12-14-31)23-21(27)16-19-15-20(9-10-22(19)29-23)28-24(32)34-17-18-7-5-4-6-8-18/h4-8,16,20H,9-15,17H2,1-3H3,(H,28,32)/t20-/m0/s1. The summed E-state index contributed by atoms with van der Waals surface area (Å²) in [5.74, 6) is -0.0666. The second kappa shape index (κ2) is 10.5. The lowest BCUT2D eigenvalue weighted by Gasteiger charge is -2.36. The number of halogens is 1. The Balaban J connectivity index is 1.31. The number of hydrogen-bond acceptors (Lipinski definition) is 6. The molecule has 4 rings (SSSR count). The summed E-state index contributed by atoms with van der Waals surface area (Å²) in [5.41, 5.74) is 2.03. The molecule has 1 atom stereocenters. The van der Waals surface area contributed by atoms with Gasteiger partial charge >= 0.3 is 12.2 Å². The summed E-state index contributed by atoms with van der Waals surface area (Å²) in [5, 5.41) is 2.89. The highest BCUT2D eigenvalue weighted by Crippen LogP contribution is 2.27. The molecule has 35 heavy (non-hydrogen) atoms. The third kappa shape index (κ3) is 6.61. The van der Waals surface area contributed by atoms with Gasteiger partial charge in [-0.25, -0.2) is 19.0 Å². The fraction of sp³-hybridized carbons (Fsp3) is 0.500. The molecule has 1 aliphatic heterocycles. The van der Waals surface area contributed by atoms with Gasteiger partial charge in [-0.15, -0.1) is 0 Å². The quantitative estimate of drug-likeness (QED) is 0.705. The maximum atomic E-state index is 15.0. The molecule has 1 aromatic heterocycles. The van der Waals surface area contributed by atoms with Crippen molar-refractivity contribution >= 4 is 18.0 Å². The fourth-order valence-corrected chi connectivity index (χ4v) is 4.33. The number of fused-ring (bicyclic) bond motifs is 1. The molecule has 1 N–H and O–H groups in total. The normalized spacial score (nSPS) is 18.0. The molecule has 0 saturated carbocycles. The number of aromatic nitrogens is 1. The Morgan fingerprint density at radius 2 is 1.86 bits per heavy atom. The van der Waals surface area contributed by atoms with E-state index in [1.165, 1.54) is 6.07 Å². The van der Waals surface area contributed by atoms with Crippen molar-refractivity contribution in [1.29, 1.82) is 0 Å².